The first kappa shape index (κ1) is 21.0. The largest absolute Gasteiger partial charge is 0.465 e. The zero-order valence-electron chi connectivity index (χ0n) is 14.7. The highest BCUT2D eigenvalue weighted by atomic mass is 32.2. The second kappa shape index (κ2) is 7.72. The van der Waals surface area contributed by atoms with Crippen molar-refractivity contribution >= 4 is 23.4 Å². The Morgan fingerprint density at radius 1 is 1.37 bits per heavy atom. The smallest absolute Gasteiger partial charge is 0.426 e. The number of rotatable bonds is 4. The van der Waals surface area contributed by atoms with E-state index in [1.807, 2.05) is 19.9 Å². The van der Waals surface area contributed by atoms with E-state index in [-0.39, 0.29) is 17.5 Å². The molecule has 0 spiro atoms. The van der Waals surface area contributed by atoms with Gasteiger partial charge in [-0.25, -0.2) is 4.79 Å². The van der Waals surface area contributed by atoms with Crippen molar-refractivity contribution in [3.63, 3.8) is 0 Å². The number of hydrogen-bond acceptors (Lipinski definition) is 5. The van der Waals surface area contributed by atoms with Crippen molar-refractivity contribution in [2.75, 3.05) is 7.11 Å². The van der Waals surface area contributed by atoms with Gasteiger partial charge in [0.05, 0.1) is 24.4 Å². The molecule has 0 aliphatic carbocycles. The predicted octanol–water partition coefficient (Wildman–Crippen LogP) is 4.35. The molecule has 1 aromatic rings. The quantitative estimate of drug-likeness (QED) is 0.428. The Balaban J connectivity index is 2.50. The summed E-state index contributed by atoms with van der Waals surface area (Å²) in [5.74, 6) is -1.85. The van der Waals surface area contributed by atoms with Gasteiger partial charge in [-0.3, -0.25) is 4.99 Å². The molecule has 0 N–H and O–H groups in total. The van der Waals surface area contributed by atoms with Gasteiger partial charge in [-0.2, -0.15) is 22.8 Å². The number of nitriles is 1. The van der Waals surface area contributed by atoms with E-state index in [0.717, 1.165) is 12.7 Å². The maximum Gasteiger partial charge on any atom is 0.426 e. The number of benzene rings is 1. The third-order valence-electron chi connectivity index (χ3n) is 3.80. The van der Waals surface area contributed by atoms with Crippen LogP contribution < -0.4 is 0 Å². The molecule has 1 atom stereocenters. The number of aliphatic imine (C=N–C) groups is 1. The number of alkyl halides is 3. The molecule has 1 aliphatic rings. The van der Waals surface area contributed by atoms with Crippen molar-refractivity contribution in [1.29, 1.82) is 5.26 Å². The molecule has 1 aliphatic heterocycles. The van der Waals surface area contributed by atoms with Crippen molar-refractivity contribution in [2.45, 2.75) is 37.2 Å². The molecule has 144 valence electrons. The second-order valence-corrected chi connectivity index (χ2v) is 7.47. The third-order valence-corrected chi connectivity index (χ3v) is 4.77. The lowest BCUT2D eigenvalue weighted by atomic mass is 9.86. The van der Waals surface area contributed by atoms with Gasteiger partial charge < -0.3 is 4.74 Å². The van der Waals surface area contributed by atoms with Crippen molar-refractivity contribution in [3.8, 4) is 6.07 Å². The van der Waals surface area contributed by atoms with E-state index in [9.17, 15) is 27.6 Å². The molecule has 27 heavy (non-hydrogen) atoms. The van der Waals surface area contributed by atoms with Gasteiger partial charge in [-0.05, 0) is 25.8 Å². The van der Waals surface area contributed by atoms with Gasteiger partial charge in [0.25, 0.3) is 0 Å². The molecule has 0 amide bonds. The molecule has 0 aromatic heterocycles. The van der Waals surface area contributed by atoms with Crippen LogP contribution >= 0.6 is 11.8 Å². The Kier molecular flexibility index (Phi) is 6.00. The Bertz CT molecular complexity index is 854. The number of nitrogens with zero attached hydrogens (tertiary/aromatic N) is 2. The number of thioether (sulfide) groups is 1. The van der Waals surface area contributed by atoms with Crippen LogP contribution in [0.25, 0.3) is 0 Å². The predicted molar refractivity (Wildman–Crippen MR) is 94.0 cm³/mol. The zero-order valence-corrected chi connectivity index (χ0v) is 15.5. The van der Waals surface area contributed by atoms with Crippen LogP contribution in [0.2, 0.25) is 0 Å². The van der Waals surface area contributed by atoms with E-state index in [1.165, 1.54) is 0 Å². The summed E-state index contributed by atoms with van der Waals surface area (Å²) in [6.07, 6.45) is -4.68. The molecule has 0 radical (unpaired) electrons. The van der Waals surface area contributed by atoms with E-state index in [1.54, 1.807) is 24.3 Å². The van der Waals surface area contributed by atoms with E-state index in [2.05, 4.69) is 9.73 Å². The van der Waals surface area contributed by atoms with Crippen LogP contribution in [0, 0.1) is 11.3 Å². The number of methoxy groups -OCH3 is 1. The van der Waals surface area contributed by atoms with E-state index >= 15 is 0 Å². The first-order valence-corrected chi connectivity index (χ1v) is 8.67. The number of carbonyl (C=O) groups excluding carboxylic acids is 1. The molecule has 1 aromatic carbocycles. The van der Waals surface area contributed by atoms with E-state index < -0.39 is 33.7 Å². The molecule has 4 nitrogen and oxygen atoms in total. The van der Waals surface area contributed by atoms with Gasteiger partial charge in [-0.15, -0.1) is 0 Å². The number of halogens is 4. The minimum atomic E-state index is -5.25. The molecule has 9 heteroatoms. The summed E-state index contributed by atoms with van der Waals surface area (Å²) in [4.78, 5) is 15.8. The Morgan fingerprint density at radius 2 is 2.00 bits per heavy atom. The lowest BCUT2D eigenvalue weighted by Gasteiger charge is -2.30. The van der Waals surface area contributed by atoms with Crippen LogP contribution in [0.15, 0.2) is 40.0 Å². The van der Waals surface area contributed by atoms with Crippen LogP contribution in [0.4, 0.5) is 17.6 Å². The molecule has 0 saturated carbocycles. The van der Waals surface area contributed by atoms with Crippen LogP contribution in [-0.4, -0.2) is 35.8 Å². The number of ether oxygens (including phenoxy) is 1. The maximum absolute atomic E-state index is 14.4. The first-order valence-electron chi connectivity index (χ1n) is 7.79. The van der Waals surface area contributed by atoms with Crippen LogP contribution in [-0.2, 0) is 16.0 Å². The zero-order chi connectivity index (χ0) is 20.4. The number of hydrogen-bond donors (Lipinski definition) is 0. The fraction of sp³-hybridized carbons (Fsp3) is 0.389. The molecule has 0 fully saturated rings. The molecule has 0 bridgehead atoms. The lowest BCUT2D eigenvalue weighted by molar-refractivity contribution is -0.148. The summed E-state index contributed by atoms with van der Waals surface area (Å²) in [6.45, 7) is 3.62. The highest BCUT2D eigenvalue weighted by Gasteiger charge is 2.44. The van der Waals surface area contributed by atoms with E-state index in [4.69, 9.17) is 0 Å². The highest BCUT2D eigenvalue weighted by Crippen LogP contribution is 2.38. The lowest BCUT2D eigenvalue weighted by Crippen LogP contribution is -2.33. The highest BCUT2D eigenvalue weighted by molar-refractivity contribution is 8.04. The maximum atomic E-state index is 14.4. The third kappa shape index (κ3) is 4.69. The van der Waals surface area contributed by atoms with Crippen molar-refractivity contribution in [2.24, 2.45) is 4.99 Å². The van der Waals surface area contributed by atoms with Crippen molar-refractivity contribution in [1.82, 2.24) is 0 Å². The Morgan fingerprint density at radius 3 is 2.56 bits per heavy atom. The van der Waals surface area contributed by atoms with E-state index in [0.29, 0.717) is 12.0 Å². The molecule has 1 heterocycles. The summed E-state index contributed by atoms with van der Waals surface area (Å²) in [5, 5.41) is 6.27. The van der Waals surface area contributed by atoms with Crippen molar-refractivity contribution < 1.29 is 27.1 Å². The standard InChI is InChI=1S/C18H16F4N2O2S/c1-17(2)8-10-6-4-5-7-11(10)14(24-17)12(9-23)27-15(19)13(16(25)26-3)18(20,21)22/h4-7,12H,8H2,1-3H3/b15-13+. The number of fused-ring (bicyclic) bond motifs is 1. The van der Waals surface area contributed by atoms with Crippen LogP contribution in [0.5, 0.6) is 0 Å². The second-order valence-electron chi connectivity index (χ2n) is 6.41. The van der Waals surface area contributed by atoms with Gasteiger partial charge in [0, 0.05) is 5.56 Å². The van der Waals surface area contributed by atoms with Crippen LogP contribution in [0.1, 0.15) is 25.0 Å². The average molecular weight is 400 g/mol. The summed E-state index contributed by atoms with van der Waals surface area (Å²) in [7, 11) is 0.720. The van der Waals surface area contributed by atoms with Gasteiger partial charge in [0.15, 0.2) is 10.7 Å². The monoisotopic (exact) mass is 400 g/mol. The molecular weight excluding hydrogens is 384 g/mol. The fourth-order valence-electron chi connectivity index (χ4n) is 2.73. The average Bonchev–Trinajstić information content (AvgIpc) is 2.56. The minimum Gasteiger partial charge on any atom is -0.465 e. The van der Waals surface area contributed by atoms with Gasteiger partial charge in [0.1, 0.15) is 5.25 Å². The molecule has 2 rings (SSSR count). The van der Waals surface area contributed by atoms with Gasteiger partial charge in [-0.1, -0.05) is 36.0 Å². The summed E-state index contributed by atoms with van der Waals surface area (Å²) in [6, 6.07) is 8.79. The molecule has 1 unspecified atom stereocenters. The first-order chi connectivity index (χ1) is 12.5. The number of carbonyl (C=O) groups is 1. The number of esters is 1. The van der Waals surface area contributed by atoms with Crippen LogP contribution in [0.3, 0.4) is 0 Å². The van der Waals surface area contributed by atoms with Crippen molar-refractivity contribution in [3.05, 3.63) is 46.1 Å². The van der Waals surface area contributed by atoms with Gasteiger partial charge in [0.2, 0.25) is 0 Å². The summed E-state index contributed by atoms with van der Waals surface area (Å²) < 4.78 is 57.5. The Hall–Kier alpha value is -2.34. The fourth-order valence-corrected chi connectivity index (χ4v) is 3.60. The molecule has 0 saturated heterocycles. The Labute approximate surface area is 157 Å². The molecular formula is C18H16F4N2O2S. The topological polar surface area (TPSA) is 62.5 Å². The minimum absolute atomic E-state index is 0.00555. The SMILES string of the molecule is COC(=O)/C(=C(/F)SC(C#N)C1=NC(C)(C)Cc2ccccc21)C(F)(F)F. The summed E-state index contributed by atoms with van der Waals surface area (Å²) in [5.41, 5.74) is -1.05. The van der Waals surface area contributed by atoms with Gasteiger partial charge >= 0.3 is 12.1 Å². The normalized spacial score (nSPS) is 17.8. The summed E-state index contributed by atoms with van der Waals surface area (Å²) >= 11 is -0.00555.